The molecule has 13 heavy (non-hydrogen) atoms. The van der Waals surface area contributed by atoms with Gasteiger partial charge in [-0.1, -0.05) is 0 Å². The number of amides is 2. The van der Waals surface area contributed by atoms with Crippen LogP contribution in [-0.2, 0) is 9.59 Å². The van der Waals surface area contributed by atoms with Crippen LogP contribution in [0, 0.1) is 0 Å². The quantitative estimate of drug-likeness (QED) is 0.406. The lowest BCUT2D eigenvalue weighted by atomic mass is 10.2. The molecule has 0 spiro atoms. The molecule has 3 N–H and O–H groups in total. The molecular weight excluding hydrogens is 188 g/mol. The topological polar surface area (TPSA) is 72.2 Å². The van der Waals surface area contributed by atoms with Crippen molar-refractivity contribution in [3.63, 3.8) is 0 Å². The van der Waals surface area contributed by atoms with Gasteiger partial charge in [0, 0.05) is 25.1 Å². The number of thiol groups is 1. The second-order valence-corrected chi connectivity index (χ2v) is 3.19. The van der Waals surface area contributed by atoms with E-state index in [1.165, 1.54) is 0 Å². The molecule has 4 nitrogen and oxygen atoms in total. The zero-order chi connectivity index (χ0) is 10.1. The van der Waals surface area contributed by atoms with E-state index in [1.807, 2.05) is 0 Å². The minimum Gasteiger partial charge on any atom is -0.370 e. The van der Waals surface area contributed by atoms with Gasteiger partial charge in [-0.05, 0) is 12.8 Å². The Kier molecular flexibility index (Phi) is 7.48. The van der Waals surface area contributed by atoms with Crippen molar-refractivity contribution in [2.75, 3.05) is 12.3 Å². The molecule has 0 aliphatic carbocycles. The fourth-order valence-corrected chi connectivity index (χ4v) is 0.980. The number of hydrogen-bond donors (Lipinski definition) is 3. The summed E-state index contributed by atoms with van der Waals surface area (Å²) in [5.41, 5.74) is 4.94. The zero-order valence-electron chi connectivity index (χ0n) is 7.58. The third-order valence-corrected chi connectivity index (χ3v) is 1.73. The molecule has 76 valence electrons. The van der Waals surface area contributed by atoms with Gasteiger partial charge in [0.25, 0.3) is 0 Å². The molecule has 0 aromatic carbocycles. The number of primary amides is 1. The summed E-state index contributed by atoms with van der Waals surface area (Å²) < 4.78 is 0. The molecule has 0 fully saturated rings. The molecule has 2 amide bonds. The average molecular weight is 204 g/mol. The number of nitrogens with one attached hydrogen (secondary N) is 1. The summed E-state index contributed by atoms with van der Waals surface area (Å²) in [5, 5.41) is 2.69. The van der Waals surface area contributed by atoms with Gasteiger partial charge >= 0.3 is 0 Å². The summed E-state index contributed by atoms with van der Waals surface area (Å²) in [6.45, 7) is 0.595. The number of hydrogen-bond acceptors (Lipinski definition) is 3. The number of nitrogens with two attached hydrogens (primary N) is 1. The van der Waals surface area contributed by atoms with E-state index in [0.717, 1.165) is 0 Å². The summed E-state index contributed by atoms with van der Waals surface area (Å²) in [6.07, 6.45) is 2.21. The summed E-state index contributed by atoms with van der Waals surface area (Å²) in [4.78, 5) is 21.3. The smallest absolute Gasteiger partial charge is 0.220 e. The Morgan fingerprint density at radius 2 is 1.85 bits per heavy atom. The van der Waals surface area contributed by atoms with Crippen LogP contribution >= 0.6 is 12.6 Å². The number of rotatable bonds is 7. The first-order valence-electron chi connectivity index (χ1n) is 4.32. The standard InChI is InChI=1S/C8H16N2O2S/c9-7(11)3-1-2-4-8(12)10-5-6-13/h13H,1-6H2,(H2,9,11)(H,10,12). The third-order valence-electron chi connectivity index (χ3n) is 1.51. The van der Waals surface area contributed by atoms with Gasteiger partial charge in [-0.15, -0.1) is 0 Å². The lowest BCUT2D eigenvalue weighted by molar-refractivity contribution is -0.121. The molecule has 0 unspecified atom stereocenters. The highest BCUT2D eigenvalue weighted by Crippen LogP contribution is 1.98. The molecule has 0 atom stereocenters. The van der Waals surface area contributed by atoms with Crippen molar-refractivity contribution in [2.24, 2.45) is 5.73 Å². The lowest BCUT2D eigenvalue weighted by Gasteiger charge is -2.01. The third kappa shape index (κ3) is 9.20. The van der Waals surface area contributed by atoms with Crippen molar-refractivity contribution < 1.29 is 9.59 Å². The fraction of sp³-hybridized carbons (Fsp3) is 0.750. The van der Waals surface area contributed by atoms with Crippen LogP contribution in [0.15, 0.2) is 0 Å². The Hall–Kier alpha value is -0.710. The van der Waals surface area contributed by atoms with Crippen LogP contribution in [0.5, 0.6) is 0 Å². The number of unbranched alkanes of at least 4 members (excludes halogenated alkanes) is 1. The summed E-state index contributed by atoms with van der Waals surface area (Å²) in [6, 6.07) is 0. The Morgan fingerprint density at radius 3 is 2.38 bits per heavy atom. The largest absolute Gasteiger partial charge is 0.370 e. The van der Waals surface area contributed by atoms with Gasteiger partial charge in [0.1, 0.15) is 0 Å². The summed E-state index contributed by atoms with van der Waals surface area (Å²) >= 11 is 3.96. The lowest BCUT2D eigenvalue weighted by Crippen LogP contribution is -2.24. The summed E-state index contributed by atoms with van der Waals surface area (Å²) in [5.74, 6) is 0.349. The molecule has 0 aromatic heterocycles. The highest BCUT2D eigenvalue weighted by atomic mass is 32.1. The average Bonchev–Trinajstić information content (AvgIpc) is 2.08. The molecule has 0 rings (SSSR count). The van der Waals surface area contributed by atoms with Gasteiger partial charge < -0.3 is 11.1 Å². The highest BCUT2D eigenvalue weighted by molar-refractivity contribution is 7.80. The van der Waals surface area contributed by atoms with Crippen LogP contribution in [-0.4, -0.2) is 24.1 Å². The Bertz CT molecular complexity index is 174. The fourth-order valence-electron chi connectivity index (χ4n) is 0.868. The maximum Gasteiger partial charge on any atom is 0.220 e. The van der Waals surface area contributed by atoms with E-state index >= 15 is 0 Å². The molecule has 0 aromatic rings. The predicted octanol–water partition coefficient (Wildman–Crippen LogP) is 0.0781. The van der Waals surface area contributed by atoms with E-state index in [4.69, 9.17) is 5.73 Å². The Balaban J connectivity index is 3.22. The molecule has 0 saturated heterocycles. The Morgan fingerprint density at radius 1 is 1.23 bits per heavy atom. The van der Waals surface area contributed by atoms with Crippen LogP contribution in [0.1, 0.15) is 25.7 Å². The van der Waals surface area contributed by atoms with E-state index in [2.05, 4.69) is 17.9 Å². The van der Waals surface area contributed by atoms with Gasteiger partial charge in [0.05, 0.1) is 0 Å². The predicted molar refractivity (Wildman–Crippen MR) is 54.5 cm³/mol. The molecule has 0 aliphatic heterocycles. The number of carbonyl (C=O) groups excluding carboxylic acids is 2. The minimum atomic E-state index is -0.309. The van der Waals surface area contributed by atoms with Crippen molar-refractivity contribution in [3.05, 3.63) is 0 Å². The van der Waals surface area contributed by atoms with Crippen LogP contribution in [0.2, 0.25) is 0 Å². The molecule has 0 saturated carbocycles. The monoisotopic (exact) mass is 204 g/mol. The number of carbonyl (C=O) groups is 2. The highest BCUT2D eigenvalue weighted by Gasteiger charge is 2.00. The Labute approximate surface area is 83.7 Å². The summed E-state index contributed by atoms with van der Waals surface area (Å²) in [7, 11) is 0. The van der Waals surface area contributed by atoms with Crippen molar-refractivity contribution in [1.82, 2.24) is 5.32 Å². The van der Waals surface area contributed by atoms with Crippen LogP contribution < -0.4 is 11.1 Å². The van der Waals surface area contributed by atoms with E-state index in [9.17, 15) is 9.59 Å². The van der Waals surface area contributed by atoms with Crippen LogP contribution in [0.3, 0.4) is 0 Å². The van der Waals surface area contributed by atoms with Crippen molar-refractivity contribution >= 4 is 24.4 Å². The second-order valence-electron chi connectivity index (χ2n) is 2.75. The maximum atomic E-state index is 11.0. The van der Waals surface area contributed by atoms with Crippen LogP contribution in [0.25, 0.3) is 0 Å². The first-order valence-corrected chi connectivity index (χ1v) is 4.96. The molecule has 0 heterocycles. The van der Waals surface area contributed by atoms with E-state index in [-0.39, 0.29) is 11.8 Å². The molecule has 0 radical (unpaired) electrons. The van der Waals surface area contributed by atoms with Gasteiger partial charge in [-0.3, -0.25) is 9.59 Å². The van der Waals surface area contributed by atoms with E-state index < -0.39 is 0 Å². The van der Waals surface area contributed by atoms with Gasteiger partial charge in [0.15, 0.2) is 0 Å². The van der Waals surface area contributed by atoms with Gasteiger partial charge in [-0.2, -0.15) is 12.6 Å². The SMILES string of the molecule is NC(=O)CCCCC(=O)NCCS. The molecule has 0 aliphatic rings. The van der Waals surface area contributed by atoms with Crippen molar-refractivity contribution in [2.45, 2.75) is 25.7 Å². The van der Waals surface area contributed by atoms with Crippen LogP contribution in [0.4, 0.5) is 0 Å². The second kappa shape index (κ2) is 7.91. The minimum absolute atomic E-state index is 0.0125. The van der Waals surface area contributed by atoms with E-state index in [0.29, 0.717) is 38.0 Å². The molecule has 0 bridgehead atoms. The van der Waals surface area contributed by atoms with Gasteiger partial charge in [0.2, 0.25) is 11.8 Å². The van der Waals surface area contributed by atoms with Crippen molar-refractivity contribution in [1.29, 1.82) is 0 Å². The first kappa shape index (κ1) is 12.3. The van der Waals surface area contributed by atoms with Crippen molar-refractivity contribution in [3.8, 4) is 0 Å². The van der Waals surface area contributed by atoms with Gasteiger partial charge in [-0.25, -0.2) is 0 Å². The normalized spacial score (nSPS) is 9.62. The van der Waals surface area contributed by atoms with E-state index in [1.54, 1.807) is 0 Å². The first-order chi connectivity index (χ1) is 6.16. The molecule has 5 heteroatoms. The zero-order valence-corrected chi connectivity index (χ0v) is 8.48. The molecular formula is C8H16N2O2S. The maximum absolute atomic E-state index is 11.0.